The maximum Gasteiger partial charge on any atom is 0.0480 e. The normalized spacial score (nSPS) is 12.9. The first kappa shape index (κ1) is 11.5. The summed E-state index contributed by atoms with van der Waals surface area (Å²) in [5.74, 6) is 0. The summed E-state index contributed by atoms with van der Waals surface area (Å²) < 4.78 is 0. The van der Waals surface area contributed by atoms with Gasteiger partial charge in [0.25, 0.3) is 0 Å². The lowest BCUT2D eigenvalue weighted by Gasteiger charge is -2.12. The van der Waals surface area contributed by atoms with Crippen molar-refractivity contribution in [3.63, 3.8) is 0 Å². The highest BCUT2D eigenvalue weighted by Gasteiger charge is 2.03. The molecular formula is C11H17ClN2. The highest BCUT2D eigenvalue weighted by atomic mass is 35.5. The molecule has 3 N–H and O–H groups in total. The predicted molar refractivity (Wildman–Crippen MR) is 61.5 cm³/mol. The summed E-state index contributed by atoms with van der Waals surface area (Å²) in [7, 11) is 0. The van der Waals surface area contributed by atoms with Gasteiger partial charge in [-0.15, -0.1) is 0 Å². The molecule has 1 aromatic rings. The van der Waals surface area contributed by atoms with Crippen LogP contribution in [0.4, 0.5) is 0 Å². The van der Waals surface area contributed by atoms with Gasteiger partial charge in [-0.1, -0.05) is 29.8 Å². The van der Waals surface area contributed by atoms with Crippen LogP contribution in [0.1, 0.15) is 18.1 Å². The third-order valence-electron chi connectivity index (χ3n) is 2.27. The van der Waals surface area contributed by atoms with Crippen LogP contribution >= 0.6 is 11.6 Å². The smallest absolute Gasteiger partial charge is 0.0480 e. The fourth-order valence-electron chi connectivity index (χ4n) is 1.21. The van der Waals surface area contributed by atoms with E-state index in [0.29, 0.717) is 12.6 Å². The zero-order valence-electron chi connectivity index (χ0n) is 8.68. The van der Waals surface area contributed by atoms with Crippen molar-refractivity contribution >= 4 is 11.6 Å². The van der Waals surface area contributed by atoms with Crippen molar-refractivity contribution in [2.24, 2.45) is 5.73 Å². The molecule has 1 atom stereocenters. The maximum atomic E-state index is 6.15. The lowest BCUT2D eigenvalue weighted by Crippen LogP contribution is -2.32. The SMILES string of the molecule is Cc1cccc(CN[C@H](C)CN)c1Cl. The quantitative estimate of drug-likeness (QED) is 0.802. The summed E-state index contributed by atoms with van der Waals surface area (Å²) in [5, 5.41) is 4.16. The Morgan fingerprint density at radius 1 is 1.50 bits per heavy atom. The van der Waals surface area contributed by atoms with Gasteiger partial charge in [0.2, 0.25) is 0 Å². The van der Waals surface area contributed by atoms with Crippen LogP contribution in [-0.2, 0) is 6.54 Å². The van der Waals surface area contributed by atoms with Crippen LogP contribution in [0.15, 0.2) is 18.2 Å². The van der Waals surface area contributed by atoms with Crippen molar-refractivity contribution in [2.75, 3.05) is 6.54 Å². The molecule has 0 heterocycles. The molecule has 0 saturated heterocycles. The van der Waals surface area contributed by atoms with E-state index in [1.165, 1.54) is 0 Å². The molecule has 0 aliphatic carbocycles. The standard InChI is InChI=1S/C11H17ClN2/c1-8-4-3-5-10(11(8)12)7-14-9(2)6-13/h3-5,9,14H,6-7,13H2,1-2H3/t9-/m1/s1. The van der Waals surface area contributed by atoms with Crippen molar-refractivity contribution in [2.45, 2.75) is 26.4 Å². The summed E-state index contributed by atoms with van der Waals surface area (Å²) >= 11 is 6.15. The Balaban J connectivity index is 2.63. The Morgan fingerprint density at radius 3 is 2.86 bits per heavy atom. The van der Waals surface area contributed by atoms with E-state index < -0.39 is 0 Å². The largest absolute Gasteiger partial charge is 0.329 e. The molecule has 0 radical (unpaired) electrons. The zero-order chi connectivity index (χ0) is 10.6. The highest BCUT2D eigenvalue weighted by Crippen LogP contribution is 2.19. The van der Waals surface area contributed by atoms with Gasteiger partial charge >= 0.3 is 0 Å². The molecule has 0 aliphatic rings. The molecule has 0 saturated carbocycles. The van der Waals surface area contributed by atoms with Crippen molar-refractivity contribution in [1.82, 2.24) is 5.32 Å². The predicted octanol–water partition coefficient (Wildman–Crippen LogP) is 2.09. The summed E-state index contributed by atoms with van der Waals surface area (Å²) in [5.41, 5.74) is 7.76. The minimum absolute atomic E-state index is 0.326. The Kier molecular flexibility index (Phi) is 4.39. The lowest BCUT2D eigenvalue weighted by molar-refractivity contribution is 0.556. The average Bonchev–Trinajstić information content (AvgIpc) is 2.20. The van der Waals surface area contributed by atoms with E-state index in [9.17, 15) is 0 Å². The molecule has 3 heteroatoms. The van der Waals surface area contributed by atoms with Crippen molar-refractivity contribution in [3.8, 4) is 0 Å². The minimum atomic E-state index is 0.326. The third kappa shape index (κ3) is 2.98. The number of benzene rings is 1. The molecule has 1 aromatic carbocycles. The number of nitrogens with one attached hydrogen (secondary N) is 1. The Morgan fingerprint density at radius 2 is 2.21 bits per heavy atom. The summed E-state index contributed by atoms with van der Waals surface area (Å²) in [4.78, 5) is 0. The molecule has 0 bridgehead atoms. The van der Waals surface area contributed by atoms with Crippen molar-refractivity contribution in [1.29, 1.82) is 0 Å². The van der Waals surface area contributed by atoms with E-state index in [2.05, 4.69) is 12.2 Å². The monoisotopic (exact) mass is 212 g/mol. The molecule has 1 rings (SSSR count). The number of hydrogen-bond donors (Lipinski definition) is 2. The average molecular weight is 213 g/mol. The summed E-state index contributed by atoms with van der Waals surface area (Å²) in [6.07, 6.45) is 0. The fourth-order valence-corrected chi connectivity index (χ4v) is 1.41. The number of rotatable bonds is 4. The summed E-state index contributed by atoms with van der Waals surface area (Å²) in [6.45, 7) is 5.49. The number of hydrogen-bond acceptors (Lipinski definition) is 2. The van der Waals surface area contributed by atoms with Crippen LogP contribution in [-0.4, -0.2) is 12.6 Å². The Hall–Kier alpha value is -0.570. The number of nitrogens with two attached hydrogens (primary N) is 1. The zero-order valence-corrected chi connectivity index (χ0v) is 9.43. The van der Waals surface area contributed by atoms with Gasteiger partial charge in [-0.25, -0.2) is 0 Å². The second kappa shape index (κ2) is 5.35. The van der Waals surface area contributed by atoms with Crippen LogP contribution in [0.25, 0.3) is 0 Å². The van der Waals surface area contributed by atoms with E-state index in [-0.39, 0.29) is 0 Å². The molecule has 0 aromatic heterocycles. The molecule has 0 amide bonds. The molecule has 14 heavy (non-hydrogen) atoms. The number of aryl methyl sites for hydroxylation is 1. The van der Waals surface area contributed by atoms with Gasteiger partial charge < -0.3 is 11.1 Å². The van der Waals surface area contributed by atoms with Crippen LogP contribution in [0, 0.1) is 6.92 Å². The van der Waals surface area contributed by atoms with Crippen molar-refractivity contribution in [3.05, 3.63) is 34.3 Å². The Bertz CT molecular complexity index is 299. The van der Waals surface area contributed by atoms with Gasteiger partial charge in [0.05, 0.1) is 0 Å². The van der Waals surface area contributed by atoms with Crippen LogP contribution in [0.2, 0.25) is 5.02 Å². The van der Waals surface area contributed by atoms with E-state index in [1.807, 2.05) is 25.1 Å². The van der Waals surface area contributed by atoms with Crippen molar-refractivity contribution < 1.29 is 0 Å². The molecule has 0 fully saturated rings. The molecule has 2 nitrogen and oxygen atoms in total. The van der Waals surface area contributed by atoms with E-state index >= 15 is 0 Å². The van der Waals surface area contributed by atoms with Gasteiger partial charge in [0, 0.05) is 24.2 Å². The molecule has 78 valence electrons. The minimum Gasteiger partial charge on any atom is -0.329 e. The molecule has 0 aliphatic heterocycles. The first-order valence-electron chi connectivity index (χ1n) is 4.82. The van der Waals surface area contributed by atoms with Gasteiger partial charge in [0.1, 0.15) is 0 Å². The highest BCUT2D eigenvalue weighted by molar-refractivity contribution is 6.32. The molecule has 0 spiro atoms. The van der Waals surface area contributed by atoms with E-state index in [4.69, 9.17) is 17.3 Å². The van der Waals surface area contributed by atoms with Gasteiger partial charge in [-0.05, 0) is 25.0 Å². The second-order valence-corrected chi connectivity index (χ2v) is 3.94. The van der Waals surface area contributed by atoms with E-state index in [0.717, 1.165) is 22.7 Å². The van der Waals surface area contributed by atoms with Crippen LogP contribution in [0.5, 0.6) is 0 Å². The second-order valence-electron chi connectivity index (χ2n) is 3.57. The van der Waals surface area contributed by atoms with Crippen LogP contribution < -0.4 is 11.1 Å². The first-order chi connectivity index (χ1) is 6.65. The molecular weight excluding hydrogens is 196 g/mol. The number of halogens is 1. The Labute approximate surface area is 90.4 Å². The topological polar surface area (TPSA) is 38.0 Å². The molecule has 0 unspecified atom stereocenters. The lowest BCUT2D eigenvalue weighted by atomic mass is 10.1. The van der Waals surface area contributed by atoms with Gasteiger partial charge in [0.15, 0.2) is 0 Å². The van der Waals surface area contributed by atoms with Crippen LogP contribution in [0.3, 0.4) is 0 Å². The summed E-state index contributed by atoms with van der Waals surface area (Å²) in [6, 6.07) is 6.39. The van der Waals surface area contributed by atoms with Gasteiger partial charge in [-0.3, -0.25) is 0 Å². The first-order valence-corrected chi connectivity index (χ1v) is 5.20. The van der Waals surface area contributed by atoms with E-state index in [1.54, 1.807) is 0 Å². The maximum absolute atomic E-state index is 6.15. The third-order valence-corrected chi connectivity index (χ3v) is 2.81. The fraction of sp³-hybridized carbons (Fsp3) is 0.455. The van der Waals surface area contributed by atoms with Gasteiger partial charge in [-0.2, -0.15) is 0 Å².